The molecule has 0 atom stereocenters. The maximum absolute atomic E-state index is 9.52. The van der Waals surface area contributed by atoms with Gasteiger partial charge < -0.3 is 35.6 Å². The van der Waals surface area contributed by atoms with Gasteiger partial charge in [0.25, 0.3) is 0 Å². The molecule has 0 fully saturated rings. The predicted molar refractivity (Wildman–Crippen MR) is 166 cm³/mol. The van der Waals surface area contributed by atoms with Crippen LogP contribution in [0.5, 0.6) is 5.75 Å². The maximum Gasteiger partial charge on any atom is 0.136 e. The lowest BCUT2D eigenvalue weighted by Crippen LogP contribution is -2.29. The van der Waals surface area contributed by atoms with Crippen molar-refractivity contribution in [2.45, 2.75) is 33.3 Å². The Labute approximate surface area is 240 Å². The summed E-state index contributed by atoms with van der Waals surface area (Å²) in [5.74, 6) is 0.897. The van der Waals surface area contributed by atoms with Crippen molar-refractivity contribution in [2.75, 3.05) is 34.7 Å². The average molecular weight is 551 g/mol. The molecule has 9 nitrogen and oxygen atoms in total. The largest absolute Gasteiger partial charge is 0.482 e. The second-order valence-electron chi connectivity index (χ2n) is 8.58. The van der Waals surface area contributed by atoms with Gasteiger partial charge in [0, 0.05) is 46.5 Å². The lowest BCUT2D eigenvalue weighted by atomic mass is 10.1. The lowest BCUT2D eigenvalue weighted by Gasteiger charge is -2.28. The molecule has 0 bridgehead atoms. The van der Waals surface area contributed by atoms with Crippen LogP contribution in [-0.2, 0) is 9.59 Å². The first-order valence-electron chi connectivity index (χ1n) is 13.0. The van der Waals surface area contributed by atoms with Crippen LogP contribution in [0.25, 0.3) is 0 Å². The molecule has 3 rings (SSSR count). The van der Waals surface area contributed by atoms with Crippen molar-refractivity contribution in [2.24, 2.45) is 10.8 Å². The molecule has 40 heavy (non-hydrogen) atoms. The molecule has 0 aromatic heterocycles. The minimum absolute atomic E-state index is 0.0346. The smallest absolute Gasteiger partial charge is 0.136 e. The molecule has 1 heterocycles. The van der Waals surface area contributed by atoms with Crippen LogP contribution in [0.3, 0.4) is 0 Å². The van der Waals surface area contributed by atoms with Crippen LogP contribution in [0.1, 0.15) is 27.2 Å². The monoisotopic (exact) mass is 550 g/mol. The van der Waals surface area contributed by atoms with Gasteiger partial charge in [-0.15, -0.1) is 0 Å². The molecule has 218 valence electrons. The molecular formula is C31H46N6O3. The number of rotatable bonds is 8. The number of para-hydroxylation sites is 1. The molecule has 0 unspecified atom stereocenters. The highest BCUT2D eigenvalue weighted by atomic mass is 16.5. The number of ether oxygens (including phenoxy) is 1. The van der Waals surface area contributed by atoms with E-state index in [1.54, 1.807) is 11.2 Å². The Hall–Kier alpha value is -4.37. The second kappa shape index (κ2) is 22.6. The molecule has 9 heteroatoms. The van der Waals surface area contributed by atoms with Crippen LogP contribution < -0.4 is 21.1 Å². The third-order valence-corrected chi connectivity index (χ3v) is 4.86. The summed E-state index contributed by atoms with van der Waals surface area (Å²) in [5, 5.41) is 11.9. The summed E-state index contributed by atoms with van der Waals surface area (Å²) in [6.07, 6.45) is 19.7. The fourth-order valence-electron chi connectivity index (χ4n) is 3.08. The van der Waals surface area contributed by atoms with Gasteiger partial charge in [-0.3, -0.25) is 0 Å². The summed E-state index contributed by atoms with van der Waals surface area (Å²) < 4.78 is 5.72. The highest BCUT2D eigenvalue weighted by Gasteiger charge is 2.19. The Morgan fingerprint density at radius 3 is 2.12 bits per heavy atom. The SMILES string of the molecule is C1=CC=CC(Oc2ccccc2)C=C1.CC=O.CN/C=C/N1N=CC(N(C)C)=C(N)C1=C(C)C.CNCCC=O. The van der Waals surface area contributed by atoms with E-state index in [-0.39, 0.29) is 6.10 Å². The molecule has 2 aliphatic rings. The maximum atomic E-state index is 9.52. The Morgan fingerprint density at radius 1 is 1.07 bits per heavy atom. The van der Waals surface area contributed by atoms with Crippen LogP contribution in [0, 0.1) is 0 Å². The van der Waals surface area contributed by atoms with Gasteiger partial charge in [0.1, 0.15) is 24.4 Å². The summed E-state index contributed by atoms with van der Waals surface area (Å²) in [7, 11) is 7.58. The molecule has 0 spiro atoms. The summed E-state index contributed by atoms with van der Waals surface area (Å²) in [6, 6.07) is 9.84. The molecule has 1 aliphatic heterocycles. The molecular weight excluding hydrogens is 504 g/mol. The molecule has 0 saturated heterocycles. The molecule has 1 aromatic rings. The predicted octanol–water partition coefficient (Wildman–Crippen LogP) is 4.12. The zero-order chi connectivity index (χ0) is 30.2. The number of hydrogen-bond acceptors (Lipinski definition) is 9. The van der Waals surface area contributed by atoms with Gasteiger partial charge >= 0.3 is 0 Å². The molecule has 0 amide bonds. The fourth-order valence-corrected chi connectivity index (χ4v) is 3.08. The highest BCUT2D eigenvalue weighted by molar-refractivity contribution is 5.81. The summed E-state index contributed by atoms with van der Waals surface area (Å²) >= 11 is 0. The van der Waals surface area contributed by atoms with E-state index in [0.29, 0.717) is 6.42 Å². The van der Waals surface area contributed by atoms with Gasteiger partial charge in [0.05, 0.1) is 23.3 Å². The zero-order valence-corrected chi connectivity index (χ0v) is 24.9. The van der Waals surface area contributed by atoms with E-state index in [1.165, 1.54) is 6.92 Å². The Bertz CT molecular complexity index is 1050. The number of nitrogens with one attached hydrogen (secondary N) is 2. The molecule has 1 aliphatic carbocycles. The highest BCUT2D eigenvalue weighted by Crippen LogP contribution is 2.23. The standard InChI is InChI=1S/C13H12O.C12H21N5.C4H9NO.C2H4O/c1-2-5-9-12(8-4-1)14-13-10-6-3-7-11-13;1-9(2)12-11(13)10(16(4)5)8-15-17(12)7-6-14-3;1-5-3-2-4-6;1-2-3/h1-12H;6-8,14H,13H2,1-5H3;4-5H,2-3H2,1H3;2H,1H3/b;7-6+;;. The Morgan fingerprint density at radius 2 is 1.68 bits per heavy atom. The van der Waals surface area contributed by atoms with Crippen molar-refractivity contribution >= 4 is 18.8 Å². The fraction of sp³-hybridized carbons (Fsp3) is 0.323. The minimum atomic E-state index is 0.0346. The van der Waals surface area contributed by atoms with Crippen LogP contribution in [0.4, 0.5) is 0 Å². The number of aldehydes is 2. The topological polar surface area (TPSA) is 112 Å². The van der Waals surface area contributed by atoms with E-state index in [0.717, 1.165) is 47.5 Å². The van der Waals surface area contributed by atoms with E-state index in [2.05, 4.69) is 15.7 Å². The molecule has 1 aromatic carbocycles. The third kappa shape index (κ3) is 15.1. The summed E-state index contributed by atoms with van der Waals surface area (Å²) in [6.45, 7) is 6.29. The van der Waals surface area contributed by atoms with Crippen molar-refractivity contribution < 1.29 is 14.3 Å². The molecule has 0 radical (unpaired) electrons. The number of nitrogens with zero attached hydrogens (tertiary/aromatic N) is 3. The second-order valence-corrected chi connectivity index (χ2v) is 8.58. The molecule has 4 N–H and O–H groups in total. The van der Waals surface area contributed by atoms with Crippen LogP contribution >= 0.6 is 0 Å². The van der Waals surface area contributed by atoms with Gasteiger partial charge in [0.2, 0.25) is 0 Å². The first kappa shape index (κ1) is 35.6. The normalized spacial score (nSPS) is 13.7. The number of hydrazone groups is 1. The van der Waals surface area contributed by atoms with Crippen molar-refractivity contribution in [1.82, 2.24) is 20.5 Å². The van der Waals surface area contributed by atoms with E-state index in [9.17, 15) is 4.79 Å². The van der Waals surface area contributed by atoms with Gasteiger partial charge in [-0.2, -0.15) is 5.10 Å². The Kier molecular flexibility index (Phi) is 20.1. The van der Waals surface area contributed by atoms with Crippen LogP contribution in [-0.4, -0.2) is 69.5 Å². The van der Waals surface area contributed by atoms with Crippen molar-refractivity contribution in [1.29, 1.82) is 0 Å². The van der Waals surface area contributed by atoms with Crippen molar-refractivity contribution in [3.8, 4) is 5.75 Å². The number of hydrogen-bond donors (Lipinski definition) is 3. The zero-order valence-electron chi connectivity index (χ0n) is 24.9. The van der Waals surface area contributed by atoms with Gasteiger partial charge in [-0.05, 0) is 57.7 Å². The van der Waals surface area contributed by atoms with E-state index >= 15 is 0 Å². The third-order valence-electron chi connectivity index (χ3n) is 4.86. The number of allylic oxidation sites excluding steroid dienone is 6. The van der Waals surface area contributed by atoms with Crippen molar-refractivity contribution in [3.05, 3.63) is 102 Å². The lowest BCUT2D eigenvalue weighted by molar-refractivity contribution is -0.108. The van der Waals surface area contributed by atoms with Crippen LogP contribution in [0.2, 0.25) is 0 Å². The van der Waals surface area contributed by atoms with E-state index < -0.39 is 0 Å². The summed E-state index contributed by atoms with van der Waals surface area (Å²) in [5.41, 5.74) is 9.91. The summed E-state index contributed by atoms with van der Waals surface area (Å²) in [4.78, 5) is 20.3. The van der Waals surface area contributed by atoms with E-state index in [1.807, 2.05) is 126 Å². The number of benzene rings is 1. The van der Waals surface area contributed by atoms with Gasteiger partial charge in [-0.25, -0.2) is 5.01 Å². The minimum Gasteiger partial charge on any atom is -0.482 e. The van der Waals surface area contributed by atoms with Gasteiger partial charge in [-0.1, -0.05) is 42.5 Å². The first-order chi connectivity index (χ1) is 19.3. The molecule has 0 saturated carbocycles. The van der Waals surface area contributed by atoms with E-state index in [4.69, 9.17) is 15.3 Å². The number of nitrogens with two attached hydrogens (primary N) is 1. The Balaban J connectivity index is 0.000000592. The van der Waals surface area contributed by atoms with Crippen molar-refractivity contribution in [3.63, 3.8) is 0 Å². The number of carbonyl (C=O) groups excluding carboxylic acids is 2. The quantitative estimate of drug-likeness (QED) is 0.327. The van der Waals surface area contributed by atoms with Crippen LogP contribution in [0.15, 0.2) is 107 Å². The average Bonchev–Trinajstić information content (AvgIpc) is 3.20. The first-order valence-corrected chi connectivity index (χ1v) is 13.0. The number of carbonyl (C=O) groups is 2. The van der Waals surface area contributed by atoms with Gasteiger partial charge in [0.15, 0.2) is 0 Å².